The van der Waals surface area contributed by atoms with Crippen LogP contribution in [0.5, 0.6) is 0 Å². The molecule has 0 aromatic carbocycles. The highest BCUT2D eigenvalue weighted by molar-refractivity contribution is 6.30. The molecule has 0 aliphatic heterocycles. The van der Waals surface area contributed by atoms with Gasteiger partial charge < -0.3 is 0 Å². The summed E-state index contributed by atoms with van der Waals surface area (Å²) in [6.07, 6.45) is 6.64. The molecule has 0 bridgehead atoms. The molecule has 0 radical (unpaired) electrons. The Morgan fingerprint density at radius 3 is 1.63 bits per heavy atom. The fraction of sp³-hybridized carbons (Fsp3) is 0.455. The number of Topliss-reactive ketones (excluding diaryl/α,β-unsaturated/α-hetero) is 2. The predicted molar refractivity (Wildman–Crippen MR) is 115 cm³/mol. The Morgan fingerprint density at radius 2 is 1.30 bits per heavy atom. The molecule has 2 rings (SSSR count). The van der Waals surface area contributed by atoms with Crippen LogP contribution < -0.4 is 0 Å². The van der Waals surface area contributed by atoms with E-state index < -0.39 is 0 Å². The summed E-state index contributed by atoms with van der Waals surface area (Å²) >= 11 is 5.49. The van der Waals surface area contributed by atoms with Crippen molar-refractivity contribution in [3.8, 4) is 0 Å². The zero-order chi connectivity index (χ0) is 19.0. The molecule has 0 N–H and O–H groups in total. The van der Waals surface area contributed by atoms with E-state index in [0.717, 1.165) is 16.7 Å². The average molecular weight is 393 g/mol. The maximum absolute atomic E-state index is 11.4. The number of halogens is 1. The number of ketones is 2. The highest BCUT2D eigenvalue weighted by Gasteiger charge is 2.12. The van der Waals surface area contributed by atoms with Crippen LogP contribution in [0.4, 0.5) is 0 Å². The van der Waals surface area contributed by atoms with Gasteiger partial charge >= 0.3 is 0 Å². The zero-order valence-electron chi connectivity index (χ0n) is 15.4. The lowest BCUT2D eigenvalue weighted by Gasteiger charge is -2.09. The zero-order valence-corrected chi connectivity index (χ0v) is 16.2. The van der Waals surface area contributed by atoms with Crippen LogP contribution in [-0.4, -0.2) is 27.4 Å². The van der Waals surface area contributed by atoms with Crippen LogP contribution in [0.2, 0.25) is 0 Å². The second-order valence-electron chi connectivity index (χ2n) is 6.35. The third-order valence-corrected chi connectivity index (χ3v) is 4.00. The van der Waals surface area contributed by atoms with Gasteiger partial charge in [-0.2, -0.15) is 0 Å². The molecule has 0 atom stereocenters. The maximum Gasteiger partial charge on any atom is 0.179 e. The van der Waals surface area contributed by atoms with Gasteiger partial charge in [0, 0.05) is 35.9 Å². The van der Waals surface area contributed by atoms with E-state index in [9.17, 15) is 9.59 Å². The molecule has 5 heteroatoms. The molecule has 2 aromatic heterocycles. The minimum absolute atomic E-state index is 0. The number of nitrogens with zero attached hydrogens (tertiary/aromatic N) is 2. The van der Waals surface area contributed by atoms with Gasteiger partial charge in [-0.15, -0.1) is 11.6 Å². The molecular weight excluding hydrogens is 360 g/mol. The van der Waals surface area contributed by atoms with Gasteiger partial charge in [0.25, 0.3) is 0 Å². The number of pyridine rings is 2. The van der Waals surface area contributed by atoms with Crippen molar-refractivity contribution >= 4 is 23.2 Å². The van der Waals surface area contributed by atoms with Crippen molar-refractivity contribution in [1.29, 1.82) is 0 Å². The molecule has 0 unspecified atom stereocenters. The summed E-state index contributed by atoms with van der Waals surface area (Å²) in [6.45, 7) is 9.80. The van der Waals surface area contributed by atoms with Gasteiger partial charge in [0.1, 0.15) is 0 Å². The first-order chi connectivity index (χ1) is 11.8. The van der Waals surface area contributed by atoms with Crippen LogP contribution in [0.15, 0.2) is 36.9 Å². The van der Waals surface area contributed by atoms with Crippen LogP contribution in [0.1, 0.15) is 93.2 Å². The number of hydrogen-bond acceptors (Lipinski definition) is 4. The lowest BCUT2D eigenvalue weighted by Crippen LogP contribution is -2.06. The summed E-state index contributed by atoms with van der Waals surface area (Å²) < 4.78 is 0. The molecule has 0 fully saturated rings. The Kier molecular flexibility index (Phi) is 13.2. The van der Waals surface area contributed by atoms with E-state index in [1.165, 1.54) is 0 Å². The molecule has 2 aromatic rings. The highest BCUT2D eigenvalue weighted by atomic mass is 35.5. The Morgan fingerprint density at radius 1 is 0.889 bits per heavy atom. The summed E-state index contributed by atoms with van der Waals surface area (Å²) in [7, 11) is 0. The SMILES string of the molecule is C.C.CC(=O)c1cnccc1C(C)C.CC(C)c1ccncc1C(=O)CCl. The number of carbonyl (C=O) groups excluding carboxylic acids is 2. The van der Waals surface area contributed by atoms with E-state index in [0.29, 0.717) is 17.4 Å². The summed E-state index contributed by atoms with van der Waals surface area (Å²) in [4.78, 5) is 30.3. The Balaban J connectivity index is 0. The normalized spacial score (nSPS) is 9.63. The fourth-order valence-corrected chi connectivity index (χ4v) is 2.56. The number of carbonyl (C=O) groups is 2. The lowest BCUT2D eigenvalue weighted by atomic mass is 9.97. The monoisotopic (exact) mass is 392 g/mol. The van der Waals surface area contributed by atoms with E-state index >= 15 is 0 Å². The van der Waals surface area contributed by atoms with Crippen molar-refractivity contribution in [2.75, 3.05) is 5.88 Å². The molecule has 0 aliphatic rings. The van der Waals surface area contributed by atoms with Gasteiger partial charge in [-0.3, -0.25) is 19.6 Å². The quantitative estimate of drug-likeness (QED) is 0.442. The van der Waals surface area contributed by atoms with Gasteiger partial charge in [-0.1, -0.05) is 42.5 Å². The molecule has 0 saturated carbocycles. The van der Waals surface area contributed by atoms with Crippen LogP contribution in [0.25, 0.3) is 0 Å². The molecule has 0 saturated heterocycles. The smallest absolute Gasteiger partial charge is 0.179 e. The standard InChI is InChI=1S/C10H12ClNO.C10H13NO.2CH4/c1-7(2)8-3-4-12-6-9(8)10(13)5-11;1-7(2)9-4-5-11-6-10(9)8(3)12;;/h3-4,6-7H,5H2,1-2H3;4-7H,1-3H3;2*1H4. The molecule has 0 aliphatic carbocycles. The molecule has 27 heavy (non-hydrogen) atoms. The maximum atomic E-state index is 11.4. The number of hydrogen-bond donors (Lipinski definition) is 0. The number of alkyl halides is 1. The van der Waals surface area contributed by atoms with Gasteiger partial charge in [0.05, 0.1) is 5.88 Å². The van der Waals surface area contributed by atoms with Crippen molar-refractivity contribution in [2.45, 2.75) is 61.3 Å². The van der Waals surface area contributed by atoms with Gasteiger partial charge in [0.15, 0.2) is 11.6 Å². The van der Waals surface area contributed by atoms with Gasteiger partial charge in [0.2, 0.25) is 0 Å². The summed E-state index contributed by atoms with van der Waals surface area (Å²) in [5, 5.41) is 0. The molecule has 4 nitrogen and oxygen atoms in total. The first-order valence-corrected chi connectivity index (χ1v) is 8.80. The fourth-order valence-electron chi connectivity index (χ4n) is 2.42. The lowest BCUT2D eigenvalue weighted by molar-refractivity contribution is 0.100. The third-order valence-electron chi connectivity index (χ3n) is 3.75. The minimum Gasteiger partial charge on any atom is -0.294 e. The molecule has 2 heterocycles. The van der Waals surface area contributed by atoms with Crippen molar-refractivity contribution in [3.05, 3.63) is 59.2 Å². The van der Waals surface area contributed by atoms with Gasteiger partial charge in [-0.25, -0.2) is 0 Å². The first kappa shape index (κ1) is 27.2. The van der Waals surface area contributed by atoms with Crippen molar-refractivity contribution in [3.63, 3.8) is 0 Å². The Hall–Kier alpha value is -2.07. The van der Waals surface area contributed by atoms with Crippen molar-refractivity contribution < 1.29 is 9.59 Å². The van der Waals surface area contributed by atoms with Crippen LogP contribution >= 0.6 is 11.6 Å². The van der Waals surface area contributed by atoms with Crippen LogP contribution in [-0.2, 0) is 0 Å². The second-order valence-corrected chi connectivity index (χ2v) is 6.62. The predicted octanol–water partition coefficient (Wildman–Crippen LogP) is 6.31. The van der Waals surface area contributed by atoms with Crippen LogP contribution in [0.3, 0.4) is 0 Å². The van der Waals surface area contributed by atoms with Crippen molar-refractivity contribution in [1.82, 2.24) is 9.97 Å². The van der Waals surface area contributed by atoms with E-state index in [-0.39, 0.29) is 32.3 Å². The Labute approximate surface area is 169 Å². The molecular formula is C22H33ClN2O2. The average Bonchev–Trinajstić information content (AvgIpc) is 2.61. The summed E-state index contributed by atoms with van der Waals surface area (Å²) in [5.74, 6) is 0.758. The second kappa shape index (κ2) is 13.2. The first-order valence-electron chi connectivity index (χ1n) is 8.27. The van der Waals surface area contributed by atoms with E-state index in [1.807, 2.05) is 26.0 Å². The highest BCUT2D eigenvalue weighted by Crippen LogP contribution is 2.19. The van der Waals surface area contributed by atoms with Crippen molar-refractivity contribution in [2.24, 2.45) is 0 Å². The number of aromatic nitrogens is 2. The summed E-state index contributed by atoms with van der Waals surface area (Å²) in [6, 6.07) is 3.77. The molecule has 0 spiro atoms. The largest absolute Gasteiger partial charge is 0.294 e. The molecule has 0 amide bonds. The third kappa shape index (κ3) is 8.00. The minimum atomic E-state index is -0.0570. The van der Waals surface area contributed by atoms with Crippen LogP contribution in [0, 0.1) is 0 Å². The van der Waals surface area contributed by atoms with E-state index in [2.05, 4.69) is 23.8 Å². The van der Waals surface area contributed by atoms with E-state index in [1.54, 1.807) is 31.7 Å². The van der Waals surface area contributed by atoms with E-state index in [4.69, 9.17) is 11.6 Å². The summed E-state index contributed by atoms with van der Waals surface area (Å²) in [5.41, 5.74) is 3.48. The van der Waals surface area contributed by atoms with Gasteiger partial charge in [-0.05, 0) is 42.0 Å². The molecule has 150 valence electrons. The topological polar surface area (TPSA) is 59.9 Å². The Bertz CT molecular complexity index is 728. The number of rotatable bonds is 5.